The summed E-state index contributed by atoms with van der Waals surface area (Å²) in [5, 5.41) is 0. The van der Waals surface area contributed by atoms with Gasteiger partial charge in [0.15, 0.2) is 18.3 Å². The summed E-state index contributed by atoms with van der Waals surface area (Å²) >= 11 is 1.27. The molecule has 0 aliphatic carbocycles. The zero-order chi connectivity index (χ0) is 25.3. The molecule has 2 rings (SSSR count). The minimum absolute atomic E-state index is 0.255. The molecule has 5 atom stereocenters. The molecule has 0 radical (unpaired) electrons. The molecule has 0 spiro atoms. The molecule has 11 heteroatoms. The van der Waals surface area contributed by atoms with Crippen LogP contribution in [0.25, 0.3) is 0 Å². The van der Waals surface area contributed by atoms with Gasteiger partial charge in [0.05, 0.1) is 6.61 Å². The van der Waals surface area contributed by atoms with Gasteiger partial charge in [0.1, 0.15) is 23.9 Å². The fourth-order valence-corrected chi connectivity index (χ4v) is 4.39. The van der Waals surface area contributed by atoms with E-state index >= 15 is 0 Å². The van der Waals surface area contributed by atoms with E-state index in [2.05, 4.69) is 0 Å². The lowest BCUT2D eigenvalue weighted by molar-refractivity contribution is -0.237. The van der Waals surface area contributed by atoms with Crippen LogP contribution in [0.3, 0.4) is 0 Å². The fourth-order valence-electron chi connectivity index (χ4n) is 3.36. The van der Waals surface area contributed by atoms with Gasteiger partial charge in [0, 0.05) is 33.4 Å². The molecule has 34 heavy (non-hydrogen) atoms. The van der Waals surface area contributed by atoms with Gasteiger partial charge in [-0.25, -0.2) is 0 Å². The van der Waals surface area contributed by atoms with Crippen molar-refractivity contribution in [3.8, 4) is 5.75 Å². The Hall–Kier alpha value is -2.79. The Morgan fingerprint density at radius 2 is 1.44 bits per heavy atom. The average molecular weight is 499 g/mol. The molecule has 188 valence electrons. The standard InChI is InChI=1S/C23H30O10S/c1-13-8-6-7-9-18(13)28-10-11-34-23-22(32-17(5)27)21(31-16(4)26)20(30-15(3)25)19(33-23)12-29-14(2)24/h6-9,19-23H,10-12H2,1-5H3/t19-,20-,21+,22+,23+/m0/s1. The molecule has 1 saturated heterocycles. The molecular formula is C23H30O10S. The third-order valence-corrected chi connectivity index (χ3v) is 5.78. The lowest BCUT2D eigenvalue weighted by atomic mass is 9.99. The van der Waals surface area contributed by atoms with E-state index in [0.29, 0.717) is 12.4 Å². The number of thioether (sulfide) groups is 1. The summed E-state index contributed by atoms with van der Waals surface area (Å²) < 4.78 is 33.1. The van der Waals surface area contributed by atoms with E-state index in [9.17, 15) is 19.2 Å². The molecule has 0 bridgehead atoms. The summed E-state index contributed by atoms with van der Waals surface area (Å²) in [6, 6.07) is 7.57. The van der Waals surface area contributed by atoms with Gasteiger partial charge in [0.2, 0.25) is 0 Å². The van der Waals surface area contributed by atoms with E-state index in [-0.39, 0.29) is 6.61 Å². The van der Waals surface area contributed by atoms with Crippen molar-refractivity contribution in [3.63, 3.8) is 0 Å². The Labute approximate surface area is 202 Å². The number of para-hydroxylation sites is 1. The highest BCUT2D eigenvalue weighted by atomic mass is 32.2. The number of ether oxygens (including phenoxy) is 6. The maximum absolute atomic E-state index is 11.8. The van der Waals surface area contributed by atoms with Crippen molar-refractivity contribution in [2.24, 2.45) is 0 Å². The summed E-state index contributed by atoms with van der Waals surface area (Å²) in [6.07, 6.45) is -4.37. The molecule has 0 N–H and O–H groups in total. The number of aryl methyl sites for hydroxylation is 1. The smallest absolute Gasteiger partial charge is 0.303 e. The van der Waals surface area contributed by atoms with Gasteiger partial charge in [-0.05, 0) is 18.6 Å². The molecule has 1 aliphatic rings. The van der Waals surface area contributed by atoms with Crippen molar-refractivity contribution in [2.75, 3.05) is 19.0 Å². The Bertz CT molecular complexity index is 873. The van der Waals surface area contributed by atoms with Gasteiger partial charge in [-0.15, -0.1) is 11.8 Å². The van der Waals surface area contributed by atoms with E-state index < -0.39 is 53.7 Å². The normalized spacial score (nSPS) is 24.0. The number of hydrogen-bond donors (Lipinski definition) is 0. The van der Waals surface area contributed by atoms with Crippen LogP contribution in [0.5, 0.6) is 5.75 Å². The van der Waals surface area contributed by atoms with Crippen molar-refractivity contribution in [1.82, 2.24) is 0 Å². The number of rotatable bonds is 10. The largest absolute Gasteiger partial charge is 0.492 e. The first kappa shape index (κ1) is 27.5. The molecule has 1 aromatic carbocycles. The minimum atomic E-state index is -1.17. The molecule has 1 heterocycles. The van der Waals surface area contributed by atoms with Crippen molar-refractivity contribution in [3.05, 3.63) is 29.8 Å². The van der Waals surface area contributed by atoms with Gasteiger partial charge < -0.3 is 28.4 Å². The SMILES string of the molecule is CC(=O)OC[C@@H]1O[C@H](SCCOc2ccccc2C)[C@H](OC(C)=O)[C@H](OC(C)=O)[C@H]1OC(C)=O. The number of carbonyl (C=O) groups is 4. The molecule has 0 saturated carbocycles. The Kier molecular flexibility index (Phi) is 10.6. The number of esters is 4. The van der Waals surface area contributed by atoms with E-state index in [0.717, 1.165) is 11.3 Å². The van der Waals surface area contributed by atoms with Gasteiger partial charge in [-0.3, -0.25) is 19.2 Å². The Morgan fingerprint density at radius 1 is 0.853 bits per heavy atom. The second kappa shape index (κ2) is 13.2. The first-order valence-corrected chi connectivity index (χ1v) is 11.7. The summed E-state index contributed by atoms with van der Waals surface area (Å²) in [6.45, 7) is 6.80. The molecule has 1 aromatic rings. The summed E-state index contributed by atoms with van der Waals surface area (Å²) in [4.78, 5) is 46.8. The average Bonchev–Trinajstić information content (AvgIpc) is 2.73. The van der Waals surface area contributed by atoms with Crippen LogP contribution in [-0.4, -0.2) is 72.7 Å². The maximum Gasteiger partial charge on any atom is 0.303 e. The molecule has 10 nitrogen and oxygen atoms in total. The first-order chi connectivity index (χ1) is 16.1. The molecule has 0 aromatic heterocycles. The molecule has 1 aliphatic heterocycles. The molecule has 0 unspecified atom stereocenters. The highest BCUT2D eigenvalue weighted by molar-refractivity contribution is 7.99. The third kappa shape index (κ3) is 8.53. The maximum atomic E-state index is 11.8. The number of benzene rings is 1. The van der Waals surface area contributed by atoms with Crippen molar-refractivity contribution < 1.29 is 47.6 Å². The number of hydrogen-bond acceptors (Lipinski definition) is 11. The van der Waals surface area contributed by atoms with Crippen LogP contribution in [-0.2, 0) is 42.9 Å². The quantitative estimate of drug-likeness (QED) is 0.268. The van der Waals surface area contributed by atoms with Gasteiger partial charge >= 0.3 is 23.9 Å². The van der Waals surface area contributed by atoms with Gasteiger partial charge in [-0.2, -0.15) is 0 Å². The topological polar surface area (TPSA) is 124 Å². The predicted molar refractivity (Wildman–Crippen MR) is 121 cm³/mol. The van der Waals surface area contributed by atoms with Crippen molar-refractivity contribution in [1.29, 1.82) is 0 Å². The van der Waals surface area contributed by atoms with Gasteiger partial charge in [-0.1, -0.05) is 18.2 Å². The van der Waals surface area contributed by atoms with Crippen LogP contribution in [0, 0.1) is 6.92 Å². The summed E-state index contributed by atoms with van der Waals surface area (Å²) in [5.41, 5.74) is 0.167. The fraction of sp³-hybridized carbons (Fsp3) is 0.565. The predicted octanol–water partition coefficient (Wildman–Crippen LogP) is 2.19. The van der Waals surface area contributed by atoms with Crippen LogP contribution < -0.4 is 4.74 Å². The van der Waals surface area contributed by atoms with Crippen LogP contribution in [0.2, 0.25) is 0 Å². The van der Waals surface area contributed by atoms with Crippen molar-refractivity contribution in [2.45, 2.75) is 64.5 Å². The Balaban J connectivity index is 2.22. The Morgan fingerprint density at radius 3 is 2.03 bits per heavy atom. The zero-order valence-electron chi connectivity index (χ0n) is 19.8. The summed E-state index contributed by atoms with van der Waals surface area (Å²) in [5.74, 6) is -1.36. The minimum Gasteiger partial charge on any atom is -0.492 e. The second-order valence-corrected chi connectivity index (χ2v) is 8.76. The van der Waals surface area contributed by atoms with Crippen LogP contribution >= 0.6 is 11.8 Å². The van der Waals surface area contributed by atoms with Crippen LogP contribution in [0.4, 0.5) is 0 Å². The highest BCUT2D eigenvalue weighted by Crippen LogP contribution is 2.34. The van der Waals surface area contributed by atoms with E-state index in [1.54, 1.807) is 0 Å². The van der Waals surface area contributed by atoms with Gasteiger partial charge in [0.25, 0.3) is 0 Å². The van der Waals surface area contributed by atoms with E-state index in [4.69, 9.17) is 28.4 Å². The van der Waals surface area contributed by atoms with Crippen molar-refractivity contribution >= 4 is 35.6 Å². The number of carbonyl (C=O) groups excluding carboxylic acids is 4. The summed E-state index contributed by atoms with van der Waals surface area (Å²) in [7, 11) is 0. The highest BCUT2D eigenvalue weighted by Gasteiger charge is 2.52. The zero-order valence-corrected chi connectivity index (χ0v) is 20.6. The second-order valence-electron chi connectivity index (χ2n) is 7.55. The van der Waals surface area contributed by atoms with E-state index in [1.165, 1.54) is 39.5 Å². The third-order valence-electron chi connectivity index (χ3n) is 4.66. The molecule has 1 fully saturated rings. The molecule has 0 amide bonds. The van der Waals surface area contributed by atoms with Crippen LogP contribution in [0.15, 0.2) is 24.3 Å². The van der Waals surface area contributed by atoms with E-state index in [1.807, 2.05) is 31.2 Å². The monoisotopic (exact) mass is 498 g/mol. The lowest BCUT2D eigenvalue weighted by Gasteiger charge is -2.44. The van der Waals surface area contributed by atoms with Crippen LogP contribution in [0.1, 0.15) is 33.3 Å². The lowest BCUT2D eigenvalue weighted by Crippen LogP contribution is -2.61. The first-order valence-electron chi connectivity index (χ1n) is 10.7. The molecular weight excluding hydrogens is 468 g/mol.